The summed E-state index contributed by atoms with van der Waals surface area (Å²) in [5.41, 5.74) is 1.73. The lowest BCUT2D eigenvalue weighted by atomic mass is 9.94. The molecule has 1 saturated carbocycles. The summed E-state index contributed by atoms with van der Waals surface area (Å²) in [5, 5.41) is 0. The van der Waals surface area contributed by atoms with Crippen LogP contribution in [0.5, 0.6) is 0 Å². The first kappa shape index (κ1) is 19.2. The molecule has 0 radical (unpaired) electrons. The van der Waals surface area contributed by atoms with Crippen LogP contribution in [0.4, 0.5) is 0 Å². The van der Waals surface area contributed by atoms with Gasteiger partial charge in [-0.3, -0.25) is 0 Å². The molecule has 5 nitrogen and oxygen atoms in total. The predicted octanol–water partition coefficient (Wildman–Crippen LogP) is 4.20. The monoisotopic (exact) mass is 396 g/mol. The van der Waals surface area contributed by atoms with E-state index in [0.29, 0.717) is 13.2 Å². The van der Waals surface area contributed by atoms with Crippen molar-refractivity contribution in [3.05, 3.63) is 71.8 Å². The molecule has 2 aromatic carbocycles. The number of fused-ring (bicyclic) bond motifs is 3. The zero-order valence-electron chi connectivity index (χ0n) is 17.0. The Bertz CT molecular complexity index is 824. The highest BCUT2D eigenvalue weighted by atomic mass is 16.8. The average molecular weight is 396 g/mol. The van der Waals surface area contributed by atoms with Gasteiger partial charge in [-0.25, -0.2) is 0 Å². The van der Waals surface area contributed by atoms with Crippen LogP contribution in [0, 0.1) is 0 Å². The van der Waals surface area contributed by atoms with E-state index in [4.69, 9.17) is 23.7 Å². The van der Waals surface area contributed by atoms with E-state index in [9.17, 15) is 0 Å². The van der Waals surface area contributed by atoms with Gasteiger partial charge in [-0.1, -0.05) is 60.7 Å². The maximum Gasteiger partial charge on any atom is 0.190 e. The van der Waals surface area contributed by atoms with Crippen LogP contribution < -0.4 is 0 Å². The van der Waals surface area contributed by atoms with Crippen LogP contribution >= 0.6 is 0 Å². The number of benzene rings is 2. The summed E-state index contributed by atoms with van der Waals surface area (Å²) >= 11 is 0. The van der Waals surface area contributed by atoms with E-state index in [2.05, 4.69) is 24.3 Å². The SMILES string of the molecule is CC1(C)O[C@H]2O[C@@H]3[C@H](OCc4ccccc4)CC[C@]3(OCc3ccccc3)[C@H]2O1. The molecular weight excluding hydrogens is 368 g/mol. The highest BCUT2D eigenvalue weighted by Crippen LogP contribution is 2.53. The van der Waals surface area contributed by atoms with Crippen LogP contribution in [0.25, 0.3) is 0 Å². The first-order chi connectivity index (χ1) is 14.1. The second kappa shape index (κ2) is 7.49. The van der Waals surface area contributed by atoms with Gasteiger partial charge in [0, 0.05) is 0 Å². The quantitative estimate of drug-likeness (QED) is 0.732. The van der Waals surface area contributed by atoms with Crippen molar-refractivity contribution in [2.45, 2.75) is 75.9 Å². The molecule has 3 aliphatic rings. The van der Waals surface area contributed by atoms with E-state index < -0.39 is 17.7 Å². The van der Waals surface area contributed by atoms with Gasteiger partial charge in [0.25, 0.3) is 0 Å². The standard InChI is InChI=1S/C24H28O5/c1-23(2)28-21-22(29-23)27-20-19(25-15-17-9-5-3-6-10-17)13-14-24(20,21)26-16-18-11-7-4-8-12-18/h3-12,19-22H,13-16H2,1-2H3/t19-,20-,21+,22-,24-/m1/s1. The van der Waals surface area contributed by atoms with E-state index >= 15 is 0 Å². The van der Waals surface area contributed by atoms with Crippen molar-refractivity contribution in [2.24, 2.45) is 0 Å². The van der Waals surface area contributed by atoms with E-state index in [1.165, 1.54) is 0 Å². The molecule has 0 N–H and O–H groups in total. The van der Waals surface area contributed by atoms with Crippen molar-refractivity contribution >= 4 is 0 Å². The van der Waals surface area contributed by atoms with Gasteiger partial charge in [-0.05, 0) is 37.8 Å². The summed E-state index contributed by atoms with van der Waals surface area (Å²) in [5.74, 6) is -0.674. The average Bonchev–Trinajstić information content (AvgIpc) is 3.32. The normalized spacial score (nSPS) is 34.8. The molecular formula is C24H28O5. The van der Waals surface area contributed by atoms with E-state index in [0.717, 1.165) is 24.0 Å². The minimum absolute atomic E-state index is 0.0492. The van der Waals surface area contributed by atoms with Gasteiger partial charge >= 0.3 is 0 Å². The minimum atomic E-state index is -0.674. The maximum absolute atomic E-state index is 6.58. The fourth-order valence-corrected chi connectivity index (χ4v) is 4.76. The van der Waals surface area contributed by atoms with Gasteiger partial charge in [-0.2, -0.15) is 0 Å². The van der Waals surface area contributed by atoms with Crippen LogP contribution in [0.15, 0.2) is 60.7 Å². The Balaban J connectivity index is 1.34. The van der Waals surface area contributed by atoms with Crippen molar-refractivity contribution in [1.29, 1.82) is 0 Å². The van der Waals surface area contributed by atoms with Crippen LogP contribution in [0.1, 0.15) is 37.8 Å². The molecule has 2 aromatic rings. The molecule has 5 atom stereocenters. The molecule has 5 heteroatoms. The zero-order valence-corrected chi connectivity index (χ0v) is 17.0. The number of hydrogen-bond acceptors (Lipinski definition) is 5. The lowest BCUT2D eigenvalue weighted by molar-refractivity contribution is -0.243. The maximum atomic E-state index is 6.58. The van der Waals surface area contributed by atoms with Crippen molar-refractivity contribution < 1.29 is 23.7 Å². The molecule has 2 heterocycles. The van der Waals surface area contributed by atoms with Crippen molar-refractivity contribution in [3.8, 4) is 0 Å². The van der Waals surface area contributed by atoms with Gasteiger partial charge in [0.15, 0.2) is 12.1 Å². The fourth-order valence-electron chi connectivity index (χ4n) is 4.76. The predicted molar refractivity (Wildman–Crippen MR) is 107 cm³/mol. The molecule has 0 bridgehead atoms. The third-order valence-electron chi connectivity index (χ3n) is 6.12. The Morgan fingerprint density at radius 2 is 1.52 bits per heavy atom. The lowest BCUT2D eigenvalue weighted by Crippen LogP contribution is -2.50. The zero-order chi connectivity index (χ0) is 19.9. The van der Waals surface area contributed by atoms with Gasteiger partial charge in [0.2, 0.25) is 0 Å². The minimum Gasteiger partial charge on any atom is -0.371 e. The Kier molecular flexibility index (Phi) is 4.96. The van der Waals surface area contributed by atoms with Gasteiger partial charge < -0.3 is 23.7 Å². The smallest absolute Gasteiger partial charge is 0.190 e. The van der Waals surface area contributed by atoms with E-state index in [1.807, 2.05) is 50.2 Å². The Labute approximate surface area is 171 Å². The first-order valence-electron chi connectivity index (χ1n) is 10.4. The van der Waals surface area contributed by atoms with Crippen molar-refractivity contribution in [1.82, 2.24) is 0 Å². The third-order valence-corrected chi connectivity index (χ3v) is 6.12. The summed E-state index contributed by atoms with van der Waals surface area (Å²) in [4.78, 5) is 0. The summed E-state index contributed by atoms with van der Waals surface area (Å²) in [6.45, 7) is 4.92. The molecule has 29 heavy (non-hydrogen) atoms. The first-order valence-corrected chi connectivity index (χ1v) is 10.4. The largest absolute Gasteiger partial charge is 0.371 e. The highest BCUT2D eigenvalue weighted by Gasteiger charge is 2.68. The fraction of sp³-hybridized carbons (Fsp3) is 0.500. The Morgan fingerprint density at radius 1 is 0.862 bits per heavy atom. The Morgan fingerprint density at radius 3 is 2.21 bits per heavy atom. The van der Waals surface area contributed by atoms with Gasteiger partial charge in [-0.15, -0.1) is 0 Å². The van der Waals surface area contributed by atoms with Crippen molar-refractivity contribution in [2.75, 3.05) is 0 Å². The Hall–Kier alpha value is -1.76. The molecule has 5 rings (SSSR count). The molecule has 0 spiro atoms. The van der Waals surface area contributed by atoms with Crippen LogP contribution in [0.2, 0.25) is 0 Å². The van der Waals surface area contributed by atoms with E-state index in [-0.39, 0.29) is 18.3 Å². The third kappa shape index (κ3) is 3.62. The van der Waals surface area contributed by atoms with Crippen LogP contribution in [-0.4, -0.2) is 36.0 Å². The molecule has 2 aliphatic heterocycles. The number of ether oxygens (including phenoxy) is 5. The molecule has 0 aromatic heterocycles. The van der Waals surface area contributed by atoms with E-state index in [1.54, 1.807) is 0 Å². The van der Waals surface area contributed by atoms with Crippen LogP contribution in [-0.2, 0) is 36.9 Å². The number of hydrogen-bond donors (Lipinski definition) is 0. The molecule has 3 fully saturated rings. The molecule has 2 saturated heterocycles. The summed E-state index contributed by atoms with van der Waals surface area (Å²) in [6, 6.07) is 20.4. The molecule has 1 aliphatic carbocycles. The topological polar surface area (TPSA) is 46.2 Å². The molecule has 154 valence electrons. The molecule has 0 unspecified atom stereocenters. The van der Waals surface area contributed by atoms with Gasteiger partial charge in [0.1, 0.15) is 17.8 Å². The van der Waals surface area contributed by atoms with Crippen LogP contribution in [0.3, 0.4) is 0 Å². The summed E-state index contributed by atoms with van der Waals surface area (Å²) in [6.07, 6.45) is 0.766. The van der Waals surface area contributed by atoms with Crippen molar-refractivity contribution in [3.63, 3.8) is 0 Å². The highest BCUT2D eigenvalue weighted by molar-refractivity contribution is 5.17. The lowest BCUT2D eigenvalue weighted by Gasteiger charge is -2.34. The molecule has 0 amide bonds. The van der Waals surface area contributed by atoms with Gasteiger partial charge in [0.05, 0.1) is 19.3 Å². The summed E-state index contributed by atoms with van der Waals surface area (Å²) in [7, 11) is 0. The second-order valence-corrected chi connectivity index (χ2v) is 8.58. The summed E-state index contributed by atoms with van der Waals surface area (Å²) < 4.78 is 31.5. The number of rotatable bonds is 6. The second-order valence-electron chi connectivity index (χ2n) is 8.58.